The zero-order valence-corrected chi connectivity index (χ0v) is 15.3. The first-order valence-electron chi connectivity index (χ1n) is 8.76. The summed E-state index contributed by atoms with van der Waals surface area (Å²) in [5.74, 6) is 0.0268. The van der Waals surface area contributed by atoms with Gasteiger partial charge in [-0.1, -0.05) is 55.8 Å². The Morgan fingerprint density at radius 2 is 1.88 bits per heavy atom. The molecule has 0 aliphatic carbocycles. The Balaban J connectivity index is 1.82. The van der Waals surface area contributed by atoms with Crippen LogP contribution in [0.2, 0.25) is 0 Å². The third kappa shape index (κ3) is 3.82. The minimum Gasteiger partial charge on any atom is -0.347 e. The lowest BCUT2D eigenvalue weighted by atomic mass is 9.96. The molecule has 0 fully saturated rings. The van der Waals surface area contributed by atoms with Gasteiger partial charge in [-0.3, -0.25) is 14.2 Å². The second-order valence-corrected chi connectivity index (χ2v) is 6.90. The molecule has 5 heteroatoms. The van der Waals surface area contributed by atoms with Crippen molar-refractivity contribution in [3.8, 4) is 0 Å². The van der Waals surface area contributed by atoms with Crippen molar-refractivity contribution in [2.75, 3.05) is 0 Å². The van der Waals surface area contributed by atoms with Crippen LogP contribution in [-0.4, -0.2) is 15.5 Å². The lowest BCUT2D eigenvalue weighted by Gasteiger charge is -2.23. The normalized spacial score (nSPS) is 12.3. The molecule has 1 amide bonds. The van der Waals surface area contributed by atoms with Gasteiger partial charge in [-0.05, 0) is 30.5 Å². The second-order valence-electron chi connectivity index (χ2n) is 6.90. The van der Waals surface area contributed by atoms with Gasteiger partial charge in [0.2, 0.25) is 5.91 Å². The lowest BCUT2D eigenvalue weighted by molar-refractivity contribution is -0.122. The fourth-order valence-corrected chi connectivity index (χ4v) is 3.05. The van der Waals surface area contributed by atoms with Gasteiger partial charge in [0.15, 0.2) is 0 Å². The van der Waals surface area contributed by atoms with E-state index in [9.17, 15) is 9.59 Å². The highest BCUT2D eigenvalue weighted by Crippen LogP contribution is 2.21. The van der Waals surface area contributed by atoms with E-state index in [-0.39, 0.29) is 30.0 Å². The monoisotopic (exact) mass is 349 g/mol. The minimum atomic E-state index is -0.205. The van der Waals surface area contributed by atoms with Gasteiger partial charge in [0, 0.05) is 0 Å². The number of hydrogen-bond acceptors (Lipinski definition) is 3. The Morgan fingerprint density at radius 1 is 1.15 bits per heavy atom. The van der Waals surface area contributed by atoms with Gasteiger partial charge in [0.25, 0.3) is 5.56 Å². The molecule has 2 aromatic carbocycles. The Hall–Kier alpha value is -2.95. The van der Waals surface area contributed by atoms with E-state index in [0.29, 0.717) is 10.9 Å². The summed E-state index contributed by atoms with van der Waals surface area (Å²) in [6.07, 6.45) is 1.44. The van der Waals surface area contributed by atoms with Crippen molar-refractivity contribution < 1.29 is 4.79 Å². The van der Waals surface area contributed by atoms with E-state index in [2.05, 4.69) is 24.1 Å². The molecule has 134 valence electrons. The number of aryl methyl sites for hydroxylation is 1. The van der Waals surface area contributed by atoms with E-state index >= 15 is 0 Å². The fourth-order valence-electron chi connectivity index (χ4n) is 3.05. The summed E-state index contributed by atoms with van der Waals surface area (Å²) < 4.78 is 1.36. The summed E-state index contributed by atoms with van der Waals surface area (Å²) in [4.78, 5) is 29.5. The number of carbonyl (C=O) groups is 1. The number of hydrogen-bond donors (Lipinski definition) is 1. The topological polar surface area (TPSA) is 64.0 Å². The average molecular weight is 349 g/mol. The summed E-state index contributed by atoms with van der Waals surface area (Å²) >= 11 is 0. The highest BCUT2D eigenvalue weighted by atomic mass is 16.2. The van der Waals surface area contributed by atoms with Crippen LogP contribution in [0, 0.1) is 12.8 Å². The molecule has 0 aliphatic heterocycles. The SMILES string of the molecule is Cc1ccc2ncn(CC(=O)N[C@H](c3ccccc3)C(C)C)c(=O)c2c1. The highest BCUT2D eigenvalue weighted by molar-refractivity contribution is 5.79. The lowest BCUT2D eigenvalue weighted by Crippen LogP contribution is -2.36. The minimum absolute atomic E-state index is 0.0498. The molecule has 0 aliphatic rings. The number of fused-ring (bicyclic) bond motifs is 1. The molecule has 26 heavy (non-hydrogen) atoms. The molecule has 1 atom stereocenters. The Bertz CT molecular complexity index is 977. The number of carbonyl (C=O) groups excluding carboxylic acids is 1. The third-order valence-corrected chi connectivity index (χ3v) is 4.44. The van der Waals surface area contributed by atoms with Gasteiger partial charge >= 0.3 is 0 Å². The van der Waals surface area contributed by atoms with Gasteiger partial charge in [0.05, 0.1) is 23.3 Å². The number of nitrogens with one attached hydrogen (secondary N) is 1. The maximum absolute atomic E-state index is 12.6. The van der Waals surface area contributed by atoms with Crippen LogP contribution in [0.15, 0.2) is 59.7 Å². The van der Waals surface area contributed by atoms with Gasteiger partial charge in [0.1, 0.15) is 6.54 Å². The van der Waals surface area contributed by atoms with Crippen LogP contribution in [0.25, 0.3) is 10.9 Å². The number of amides is 1. The molecule has 1 aromatic heterocycles. The first kappa shape index (κ1) is 17.9. The van der Waals surface area contributed by atoms with Gasteiger partial charge in [-0.2, -0.15) is 0 Å². The van der Waals surface area contributed by atoms with E-state index in [0.717, 1.165) is 11.1 Å². The standard InChI is InChI=1S/C21H23N3O2/c1-14(2)20(16-7-5-4-6-8-16)23-19(25)12-24-13-22-18-10-9-15(3)11-17(18)21(24)26/h4-11,13-14,20H,12H2,1-3H3,(H,23,25)/t20-/m0/s1. The van der Waals surface area contributed by atoms with Crippen LogP contribution in [-0.2, 0) is 11.3 Å². The largest absolute Gasteiger partial charge is 0.347 e. The average Bonchev–Trinajstić information content (AvgIpc) is 2.63. The molecule has 5 nitrogen and oxygen atoms in total. The molecule has 3 rings (SSSR count). The van der Waals surface area contributed by atoms with Crippen molar-refractivity contribution in [2.45, 2.75) is 33.4 Å². The number of rotatable bonds is 5. The molecule has 0 radical (unpaired) electrons. The van der Waals surface area contributed by atoms with Gasteiger partial charge in [-0.15, -0.1) is 0 Å². The predicted molar refractivity (Wildman–Crippen MR) is 103 cm³/mol. The Labute approximate surface area is 152 Å². The molecule has 0 saturated heterocycles. The van der Waals surface area contributed by atoms with Gasteiger partial charge < -0.3 is 5.32 Å². The molecular formula is C21H23N3O2. The first-order valence-corrected chi connectivity index (χ1v) is 8.76. The molecule has 0 bridgehead atoms. The molecule has 3 aromatic rings. The summed E-state index contributed by atoms with van der Waals surface area (Å²) in [5, 5.41) is 3.57. The maximum atomic E-state index is 12.6. The van der Waals surface area contributed by atoms with Crippen molar-refractivity contribution >= 4 is 16.8 Å². The molecule has 0 saturated carbocycles. The molecule has 1 N–H and O–H groups in total. The van der Waals surface area contributed by atoms with Crippen LogP contribution in [0.4, 0.5) is 0 Å². The first-order chi connectivity index (χ1) is 12.5. The van der Waals surface area contributed by atoms with Crippen molar-refractivity contribution in [1.29, 1.82) is 0 Å². The van der Waals surface area contributed by atoms with E-state index in [1.807, 2.05) is 49.4 Å². The van der Waals surface area contributed by atoms with Crippen LogP contribution in [0.1, 0.15) is 31.0 Å². The molecule has 0 unspecified atom stereocenters. The van der Waals surface area contributed by atoms with E-state index in [4.69, 9.17) is 0 Å². The molecular weight excluding hydrogens is 326 g/mol. The van der Waals surface area contributed by atoms with E-state index in [1.54, 1.807) is 6.07 Å². The van der Waals surface area contributed by atoms with Crippen LogP contribution < -0.4 is 10.9 Å². The Kier molecular flexibility index (Phi) is 5.16. The van der Waals surface area contributed by atoms with Crippen molar-refractivity contribution in [2.24, 2.45) is 5.92 Å². The summed E-state index contributed by atoms with van der Waals surface area (Å²) in [5.41, 5.74) is 2.48. The highest BCUT2D eigenvalue weighted by Gasteiger charge is 2.18. The molecule has 1 heterocycles. The summed E-state index contributed by atoms with van der Waals surface area (Å²) in [6.45, 7) is 6.00. The molecule has 0 spiro atoms. The summed E-state index contributed by atoms with van der Waals surface area (Å²) in [6, 6.07) is 15.3. The number of benzene rings is 2. The third-order valence-electron chi connectivity index (χ3n) is 4.44. The van der Waals surface area contributed by atoms with Crippen LogP contribution in [0.3, 0.4) is 0 Å². The van der Waals surface area contributed by atoms with Crippen LogP contribution >= 0.6 is 0 Å². The quantitative estimate of drug-likeness (QED) is 0.769. The van der Waals surface area contributed by atoms with Gasteiger partial charge in [-0.25, -0.2) is 4.98 Å². The van der Waals surface area contributed by atoms with Crippen LogP contribution in [0.5, 0.6) is 0 Å². The van der Waals surface area contributed by atoms with E-state index < -0.39 is 0 Å². The number of nitrogens with zero attached hydrogens (tertiary/aromatic N) is 2. The second kappa shape index (κ2) is 7.52. The fraction of sp³-hybridized carbons (Fsp3) is 0.286. The predicted octanol–water partition coefficient (Wildman–Crippen LogP) is 3.22. The zero-order valence-electron chi connectivity index (χ0n) is 15.3. The Morgan fingerprint density at radius 3 is 2.58 bits per heavy atom. The summed E-state index contributed by atoms with van der Waals surface area (Å²) in [7, 11) is 0. The maximum Gasteiger partial charge on any atom is 0.261 e. The number of aromatic nitrogens is 2. The van der Waals surface area contributed by atoms with Crippen molar-refractivity contribution in [3.63, 3.8) is 0 Å². The zero-order chi connectivity index (χ0) is 18.7. The smallest absolute Gasteiger partial charge is 0.261 e. The van der Waals surface area contributed by atoms with Crippen molar-refractivity contribution in [3.05, 3.63) is 76.3 Å². The van der Waals surface area contributed by atoms with E-state index in [1.165, 1.54) is 10.9 Å². The van der Waals surface area contributed by atoms with Crippen molar-refractivity contribution in [1.82, 2.24) is 14.9 Å².